The summed E-state index contributed by atoms with van der Waals surface area (Å²) in [6.07, 6.45) is 0.934. The van der Waals surface area contributed by atoms with Crippen molar-refractivity contribution in [3.8, 4) is 0 Å². The molecule has 2 fully saturated rings. The van der Waals surface area contributed by atoms with Gasteiger partial charge in [-0.05, 0) is 12.3 Å². The number of oxime groups is 1. The fourth-order valence-corrected chi connectivity index (χ4v) is 6.82. The van der Waals surface area contributed by atoms with Crippen molar-refractivity contribution in [1.29, 1.82) is 0 Å². The van der Waals surface area contributed by atoms with Crippen molar-refractivity contribution in [3.05, 3.63) is 21.7 Å². The first-order valence-corrected chi connectivity index (χ1v) is 12.5. The maximum atomic E-state index is 12.8. The van der Waals surface area contributed by atoms with Crippen LogP contribution in [0.2, 0.25) is 0 Å². The van der Waals surface area contributed by atoms with Gasteiger partial charge in [-0.25, -0.2) is 4.98 Å². The van der Waals surface area contributed by atoms with E-state index < -0.39 is 29.2 Å². The number of ether oxygens (including phenoxy) is 1. The predicted molar refractivity (Wildman–Crippen MR) is 119 cm³/mol. The van der Waals surface area contributed by atoms with Gasteiger partial charge in [0.2, 0.25) is 0 Å². The Morgan fingerprint density at radius 1 is 1.52 bits per heavy atom. The summed E-state index contributed by atoms with van der Waals surface area (Å²) < 4.78 is 5.36. The van der Waals surface area contributed by atoms with E-state index in [0.29, 0.717) is 35.5 Å². The van der Waals surface area contributed by atoms with E-state index in [-0.39, 0.29) is 51.8 Å². The number of anilines is 1. The number of thiazole rings is 1. The number of nitrogens with one attached hydrogen (secondary N) is 1. The summed E-state index contributed by atoms with van der Waals surface area (Å²) in [5.74, 6) is -1.12. The fraction of sp³-hybridized carbons (Fsp3) is 0.500. The van der Waals surface area contributed by atoms with E-state index in [2.05, 4.69) is 15.5 Å². The zero-order chi connectivity index (χ0) is 22.8. The summed E-state index contributed by atoms with van der Waals surface area (Å²) in [6, 6.07) is -0.908. The second-order valence-corrected chi connectivity index (χ2v) is 10.3. The van der Waals surface area contributed by atoms with Crippen molar-refractivity contribution in [2.24, 2.45) is 11.1 Å². The molecule has 3 aliphatic heterocycles. The van der Waals surface area contributed by atoms with E-state index in [9.17, 15) is 19.5 Å². The standard InChI is InChI=1S/C18H21N5O6S3.Na/c1-28-22-11(9-6-32-18(19)20-9)14(24)21-12-15(25)23-13(17(26)27)10(7-31-16(12)23)30-5-8-2-3-29-4-8;/h6,8,12,16H,2-5,7H2,1H3,(H2,19,20)(H,21,24)(H,26,27);/q;+1/p-1/b22-11-;/t8?,12?,16-;/m1./s1. The number of carboxylic acids is 1. The third-order valence-electron chi connectivity index (χ3n) is 5.09. The molecule has 3 N–H and O–H groups in total. The van der Waals surface area contributed by atoms with Crippen LogP contribution < -0.4 is 45.7 Å². The Kier molecular flexibility index (Phi) is 9.11. The quantitative estimate of drug-likeness (QED) is 0.150. The smallest absolute Gasteiger partial charge is 0.543 e. The number of fused-ring (bicyclic) bond motifs is 1. The van der Waals surface area contributed by atoms with E-state index in [1.807, 2.05) is 0 Å². The van der Waals surface area contributed by atoms with Crippen LogP contribution in [-0.2, 0) is 24.0 Å². The third-order valence-corrected chi connectivity index (χ3v) is 8.55. The number of hydrogen-bond acceptors (Lipinski definition) is 12. The van der Waals surface area contributed by atoms with Crippen LogP contribution in [0.5, 0.6) is 0 Å². The van der Waals surface area contributed by atoms with Crippen LogP contribution in [0, 0.1) is 5.92 Å². The molecule has 3 aliphatic rings. The number of carbonyl (C=O) groups is 3. The van der Waals surface area contributed by atoms with Crippen molar-refractivity contribution < 1.29 is 58.6 Å². The second kappa shape index (κ2) is 11.4. The second-order valence-electron chi connectivity index (χ2n) is 7.15. The van der Waals surface area contributed by atoms with Crippen LogP contribution in [-0.4, -0.2) is 76.6 Å². The van der Waals surface area contributed by atoms with Crippen molar-refractivity contribution in [3.63, 3.8) is 0 Å². The number of aliphatic carboxylic acids is 1. The number of carbonyl (C=O) groups excluding carboxylic acids is 3. The molecule has 1 aromatic heterocycles. The number of carboxylic acid groups (broad SMARTS) is 1. The average molecular weight is 522 g/mol. The van der Waals surface area contributed by atoms with Gasteiger partial charge in [0.25, 0.3) is 11.8 Å². The summed E-state index contributed by atoms with van der Waals surface area (Å²) in [4.78, 5) is 48.0. The molecule has 2 amide bonds. The van der Waals surface area contributed by atoms with Crippen LogP contribution in [0.3, 0.4) is 0 Å². The van der Waals surface area contributed by atoms with Gasteiger partial charge in [0, 0.05) is 28.4 Å². The van der Waals surface area contributed by atoms with Gasteiger partial charge in [-0.1, -0.05) is 5.16 Å². The van der Waals surface area contributed by atoms with Gasteiger partial charge in [-0.2, -0.15) is 0 Å². The number of thioether (sulfide) groups is 2. The molecule has 33 heavy (non-hydrogen) atoms. The largest absolute Gasteiger partial charge is 1.00 e. The summed E-state index contributed by atoms with van der Waals surface area (Å²) in [6.45, 7) is 1.37. The fourth-order valence-electron chi connectivity index (χ4n) is 3.53. The van der Waals surface area contributed by atoms with Crippen LogP contribution in [0.4, 0.5) is 5.13 Å². The minimum Gasteiger partial charge on any atom is -0.543 e. The Balaban J connectivity index is 0.00000306. The number of nitrogens with zero attached hydrogens (tertiary/aromatic N) is 3. The number of nitrogens with two attached hydrogens (primary N) is 1. The predicted octanol–water partition coefficient (Wildman–Crippen LogP) is -3.79. The molecule has 2 unspecified atom stereocenters. The Morgan fingerprint density at radius 2 is 2.30 bits per heavy atom. The van der Waals surface area contributed by atoms with Crippen LogP contribution in [0.15, 0.2) is 21.1 Å². The topological polar surface area (TPSA) is 159 Å². The average Bonchev–Trinajstić information content (AvgIpc) is 3.45. The first kappa shape index (κ1) is 26.3. The summed E-state index contributed by atoms with van der Waals surface area (Å²) in [5.41, 5.74) is 5.60. The molecule has 11 nitrogen and oxygen atoms in total. The first-order valence-electron chi connectivity index (χ1n) is 9.63. The molecule has 0 saturated carbocycles. The number of rotatable bonds is 8. The van der Waals surface area contributed by atoms with Gasteiger partial charge in [0.15, 0.2) is 10.8 Å². The monoisotopic (exact) mass is 521 g/mol. The van der Waals surface area contributed by atoms with Crippen molar-refractivity contribution in [1.82, 2.24) is 15.2 Å². The SMILES string of the molecule is CO/N=C(\C(=O)NC1C(=O)N2C(C(=O)[O-])=C(SCC3CCOC3)CS[C@H]12)c1csc(N)n1.[Na+]. The Bertz CT molecular complexity index is 996. The van der Waals surface area contributed by atoms with Crippen molar-refractivity contribution in [2.75, 3.05) is 37.6 Å². The number of nitrogen functional groups attached to an aromatic ring is 1. The minimum atomic E-state index is -1.40. The van der Waals surface area contributed by atoms with Gasteiger partial charge >= 0.3 is 29.6 Å². The minimum absolute atomic E-state index is 0. The molecule has 0 spiro atoms. The normalized spacial score (nSPS) is 24.6. The maximum Gasteiger partial charge on any atom is 1.00 e. The Labute approximate surface area is 224 Å². The van der Waals surface area contributed by atoms with E-state index in [1.165, 1.54) is 35.5 Å². The van der Waals surface area contributed by atoms with E-state index >= 15 is 0 Å². The van der Waals surface area contributed by atoms with Gasteiger partial charge in [-0.15, -0.1) is 34.9 Å². The molecule has 4 rings (SSSR count). The molecule has 0 aliphatic carbocycles. The van der Waals surface area contributed by atoms with E-state index in [1.54, 1.807) is 5.38 Å². The van der Waals surface area contributed by atoms with Crippen LogP contribution in [0.1, 0.15) is 12.1 Å². The molecule has 0 radical (unpaired) electrons. The molecule has 4 heterocycles. The molecule has 172 valence electrons. The number of β-lactam (4-membered cyclic amide) rings is 1. The number of aromatic nitrogens is 1. The zero-order valence-electron chi connectivity index (χ0n) is 17.9. The molecular weight excluding hydrogens is 501 g/mol. The summed E-state index contributed by atoms with van der Waals surface area (Å²) >= 11 is 3.94. The zero-order valence-corrected chi connectivity index (χ0v) is 22.4. The summed E-state index contributed by atoms with van der Waals surface area (Å²) in [7, 11) is 1.28. The molecule has 2 saturated heterocycles. The van der Waals surface area contributed by atoms with Crippen LogP contribution >= 0.6 is 34.9 Å². The van der Waals surface area contributed by atoms with Gasteiger partial charge in [0.05, 0.1) is 18.3 Å². The molecule has 0 aromatic carbocycles. The number of amides is 2. The Hall–Kier alpha value is -1.29. The number of hydrogen-bond donors (Lipinski definition) is 2. The molecule has 0 bridgehead atoms. The van der Waals surface area contributed by atoms with E-state index in [0.717, 1.165) is 17.8 Å². The van der Waals surface area contributed by atoms with Gasteiger partial charge in [-0.3, -0.25) is 14.5 Å². The molecule has 15 heteroatoms. The molecule has 3 atom stereocenters. The van der Waals surface area contributed by atoms with Crippen molar-refractivity contribution >= 4 is 63.5 Å². The van der Waals surface area contributed by atoms with Gasteiger partial charge in [0.1, 0.15) is 24.2 Å². The van der Waals surface area contributed by atoms with Crippen molar-refractivity contribution in [2.45, 2.75) is 17.8 Å². The van der Waals surface area contributed by atoms with E-state index in [4.69, 9.17) is 15.3 Å². The summed E-state index contributed by atoms with van der Waals surface area (Å²) in [5, 5.41) is 19.4. The molecular formula is C18H20N5NaO6S3. The Morgan fingerprint density at radius 3 is 2.91 bits per heavy atom. The van der Waals surface area contributed by atoms with Crippen LogP contribution in [0.25, 0.3) is 0 Å². The van der Waals surface area contributed by atoms with Gasteiger partial charge < -0.3 is 30.5 Å². The molecule has 1 aromatic rings. The third kappa shape index (κ3) is 5.52. The first-order chi connectivity index (χ1) is 15.4. The maximum absolute atomic E-state index is 12.8.